The standard InChI is InChI=1S/C41H55ClN6O6S/c1-24(15-20-33(43)50)38(52)46-31-13-10-12-28(35(31)42)11-8-7-9-14-34(51)47-37(41(4,5)6)40(54)48-22-30(49)21-32(48)39(53)45-25(2)27-16-18-29(19-17-27)36-26(3)44-23-55-36/h10,12-13,16-19,23-25,30,32,37,49H,7-9,11,14-15,20-22H2,1-6H3,(H2,43,50)(H,45,53)(H,46,52)(H,47,51)/t24-,25-,30+,32-,37+/m0/s1. The molecule has 0 saturated carbocycles. The third-order valence-electron chi connectivity index (χ3n) is 10.0. The number of anilines is 1. The number of likely N-dealkylation sites (tertiary alicyclic amines) is 1. The number of benzene rings is 2. The summed E-state index contributed by atoms with van der Waals surface area (Å²) in [7, 11) is 0. The summed E-state index contributed by atoms with van der Waals surface area (Å²) in [6.07, 6.45) is 2.62. The van der Waals surface area contributed by atoms with Crippen molar-refractivity contribution in [3.05, 3.63) is 69.8 Å². The molecule has 2 heterocycles. The molecule has 0 radical (unpaired) electrons. The Morgan fingerprint density at radius 1 is 1.02 bits per heavy atom. The summed E-state index contributed by atoms with van der Waals surface area (Å²) in [6, 6.07) is 11.2. The minimum absolute atomic E-state index is 0.00158. The van der Waals surface area contributed by atoms with Gasteiger partial charge in [0.1, 0.15) is 12.1 Å². The van der Waals surface area contributed by atoms with Crippen LogP contribution in [0, 0.1) is 18.3 Å². The van der Waals surface area contributed by atoms with E-state index in [1.54, 1.807) is 24.3 Å². The first-order valence-electron chi connectivity index (χ1n) is 18.9. The van der Waals surface area contributed by atoms with E-state index >= 15 is 0 Å². The predicted octanol–water partition coefficient (Wildman–Crippen LogP) is 6.09. The smallest absolute Gasteiger partial charge is 0.246 e. The largest absolute Gasteiger partial charge is 0.391 e. The first kappa shape index (κ1) is 43.4. The van der Waals surface area contributed by atoms with Crippen LogP contribution in [0.3, 0.4) is 0 Å². The zero-order valence-corrected chi connectivity index (χ0v) is 34.2. The summed E-state index contributed by atoms with van der Waals surface area (Å²) in [4.78, 5) is 71.3. The van der Waals surface area contributed by atoms with Gasteiger partial charge in [0.25, 0.3) is 0 Å². The zero-order chi connectivity index (χ0) is 40.4. The molecular weight excluding hydrogens is 740 g/mol. The van der Waals surface area contributed by atoms with Crippen molar-refractivity contribution < 1.29 is 29.1 Å². The molecule has 0 bridgehead atoms. The highest BCUT2D eigenvalue weighted by molar-refractivity contribution is 7.13. The summed E-state index contributed by atoms with van der Waals surface area (Å²) < 4.78 is 0. The molecule has 5 amide bonds. The van der Waals surface area contributed by atoms with Crippen molar-refractivity contribution in [3.63, 3.8) is 0 Å². The molecule has 1 aliphatic rings. The lowest BCUT2D eigenvalue weighted by Gasteiger charge is -2.35. The fraction of sp³-hybridized carbons (Fsp3) is 0.512. The Labute approximate surface area is 333 Å². The lowest BCUT2D eigenvalue weighted by atomic mass is 9.85. The summed E-state index contributed by atoms with van der Waals surface area (Å²) >= 11 is 8.19. The highest BCUT2D eigenvalue weighted by atomic mass is 35.5. The average Bonchev–Trinajstić information content (AvgIpc) is 3.75. The molecule has 298 valence electrons. The van der Waals surface area contributed by atoms with Crippen LogP contribution in [0.4, 0.5) is 5.69 Å². The van der Waals surface area contributed by atoms with Crippen molar-refractivity contribution in [1.29, 1.82) is 0 Å². The average molecular weight is 795 g/mol. The third kappa shape index (κ3) is 12.1. The molecule has 55 heavy (non-hydrogen) atoms. The molecule has 4 rings (SSSR count). The Bertz CT molecular complexity index is 1830. The fourth-order valence-corrected chi connectivity index (χ4v) is 7.72. The second kappa shape index (κ2) is 19.5. The number of nitrogens with zero attached hydrogens (tertiary/aromatic N) is 2. The van der Waals surface area contributed by atoms with Crippen LogP contribution in [0.25, 0.3) is 10.4 Å². The van der Waals surface area contributed by atoms with Crippen molar-refractivity contribution in [2.24, 2.45) is 17.1 Å². The number of carbonyl (C=O) groups is 5. The minimum atomic E-state index is -0.906. The fourth-order valence-electron chi connectivity index (χ4n) is 6.64. The Balaban J connectivity index is 1.28. The van der Waals surface area contributed by atoms with Crippen molar-refractivity contribution in [3.8, 4) is 10.4 Å². The van der Waals surface area contributed by atoms with Gasteiger partial charge in [-0.2, -0.15) is 0 Å². The van der Waals surface area contributed by atoms with E-state index in [-0.39, 0.29) is 49.6 Å². The number of amides is 5. The number of carbonyl (C=O) groups excluding carboxylic acids is 5. The number of primary amides is 1. The molecule has 0 spiro atoms. The highest BCUT2D eigenvalue weighted by Gasteiger charge is 2.44. The number of halogens is 1. The van der Waals surface area contributed by atoms with Gasteiger partial charge in [-0.25, -0.2) is 4.98 Å². The van der Waals surface area contributed by atoms with Gasteiger partial charge in [0.15, 0.2) is 0 Å². The first-order chi connectivity index (χ1) is 26.0. The van der Waals surface area contributed by atoms with Gasteiger partial charge in [0, 0.05) is 31.7 Å². The Kier molecular flexibility index (Phi) is 15.4. The van der Waals surface area contributed by atoms with Crippen LogP contribution in [0.1, 0.15) is 102 Å². The number of aliphatic hydroxyl groups is 1. The molecule has 1 saturated heterocycles. The molecule has 1 aliphatic heterocycles. The lowest BCUT2D eigenvalue weighted by molar-refractivity contribution is -0.144. The number of thiazole rings is 1. The second-order valence-electron chi connectivity index (χ2n) is 15.6. The van der Waals surface area contributed by atoms with E-state index in [9.17, 15) is 29.1 Å². The number of β-amino-alcohol motifs (C(OH)–C–C–N with tert-alkyl or cyclic N) is 1. The van der Waals surface area contributed by atoms with E-state index in [0.29, 0.717) is 30.0 Å². The number of aliphatic hydroxyl groups excluding tert-OH is 1. The van der Waals surface area contributed by atoms with Crippen molar-refractivity contribution in [2.45, 2.75) is 117 Å². The van der Waals surface area contributed by atoms with Gasteiger partial charge in [0.2, 0.25) is 29.5 Å². The molecule has 14 heteroatoms. The monoisotopic (exact) mass is 794 g/mol. The van der Waals surface area contributed by atoms with E-state index in [4.69, 9.17) is 17.3 Å². The van der Waals surface area contributed by atoms with Crippen LogP contribution in [-0.2, 0) is 30.4 Å². The maximum absolute atomic E-state index is 14.0. The number of nitrogens with one attached hydrogen (secondary N) is 3. The van der Waals surface area contributed by atoms with Gasteiger partial charge in [-0.15, -0.1) is 11.3 Å². The summed E-state index contributed by atoms with van der Waals surface area (Å²) in [5.74, 6) is -2.14. The minimum Gasteiger partial charge on any atom is -0.391 e. The van der Waals surface area contributed by atoms with Gasteiger partial charge in [-0.1, -0.05) is 82.1 Å². The molecule has 6 N–H and O–H groups in total. The number of hydrogen-bond acceptors (Lipinski definition) is 8. The van der Waals surface area contributed by atoms with Crippen LogP contribution >= 0.6 is 22.9 Å². The molecule has 0 aliphatic carbocycles. The molecule has 12 nitrogen and oxygen atoms in total. The number of aromatic nitrogens is 1. The van der Waals surface area contributed by atoms with Crippen molar-refractivity contribution in [2.75, 3.05) is 11.9 Å². The van der Waals surface area contributed by atoms with Gasteiger partial charge >= 0.3 is 0 Å². The first-order valence-corrected chi connectivity index (χ1v) is 20.2. The predicted molar refractivity (Wildman–Crippen MR) is 216 cm³/mol. The van der Waals surface area contributed by atoms with E-state index in [1.807, 2.05) is 76.5 Å². The quantitative estimate of drug-likeness (QED) is 0.103. The van der Waals surface area contributed by atoms with E-state index in [1.165, 1.54) is 4.90 Å². The van der Waals surface area contributed by atoms with Crippen LogP contribution in [0.15, 0.2) is 48.0 Å². The maximum Gasteiger partial charge on any atom is 0.246 e. The van der Waals surface area contributed by atoms with E-state index in [0.717, 1.165) is 40.1 Å². The maximum atomic E-state index is 14.0. The van der Waals surface area contributed by atoms with Crippen LogP contribution in [-0.4, -0.2) is 69.3 Å². The second-order valence-corrected chi connectivity index (χ2v) is 16.8. The summed E-state index contributed by atoms with van der Waals surface area (Å²) in [5.41, 5.74) is 10.6. The van der Waals surface area contributed by atoms with E-state index < -0.39 is 41.3 Å². The third-order valence-corrected chi connectivity index (χ3v) is 11.4. The highest BCUT2D eigenvalue weighted by Crippen LogP contribution is 2.31. The normalized spacial score (nSPS) is 17.3. The molecule has 1 aromatic heterocycles. The van der Waals surface area contributed by atoms with Gasteiger partial charge in [-0.3, -0.25) is 24.0 Å². The van der Waals surface area contributed by atoms with Gasteiger partial charge in [-0.05, 0) is 67.7 Å². The van der Waals surface area contributed by atoms with Crippen LogP contribution < -0.4 is 21.7 Å². The van der Waals surface area contributed by atoms with Crippen molar-refractivity contribution in [1.82, 2.24) is 20.5 Å². The molecular formula is C41H55ClN6O6S. The SMILES string of the molecule is Cc1ncsc1-c1ccc([C@H](C)NC(=O)[C@@H]2C[C@@H](O)CN2C(=O)[C@@H](NC(=O)CCCCCc2cccc(NC(=O)[C@@H](C)CCC(N)=O)c2Cl)C(C)(C)C)cc1. The Morgan fingerprint density at radius 3 is 2.36 bits per heavy atom. The lowest BCUT2D eigenvalue weighted by Crippen LogP contribution is -2.57. The summed E-state index contributed by atoms with van der Waals surface area (Å²) in [6.45, 7) is 11.2. The number of nitrogens with two attached hydrogens (primary N) is 1. The topological polar surface area (TPSA) is 184 Å². The molecule has 5 atom stereocenters. The van der Waals surface area contributed by atoms with Crippen LogP contribution in [0.2, 0.25) is 5.02 Å². The Hall–Kier alpha value is -4.33. The van der Waals surface area contributed by atoms with Gasteiger partial charge < -0.3 is 31.7 Å². The number of aryl methyl sites for hydroxylation is 2. The van der Waals surface area contributed by atoms with Gasteiger partial charge in [0.05, 0.1) is 38.9 Å². The van der Waals surface area contributed by atoms with Crippen LogP contribution in [0.5, 0.6) is 0 Å². The molecule has 2 aromatic carbocycles. The molecule has 3 aromatic rings. The van der Waals surface area contributed by atoms with E-state index in [2.05, 4.69) is 20.9 Å². The zero-order valence-electron chi connectivity index (χ0n) is 32.6. The molecule has 0 unspecified atom stereocenters. The molecule has 1 fully saturated rings. The Morgan fingerprint density at radius 2 is 1.73 bits per heavy atom. The number of rotatable bonds is 17. The number of unbranched alkanes of at least 4 members (excludes halogenated alkanes) is 2. The van der Waals surface area contributed by atoms with Crippen molar-refractivity contribution >= 4 is 58.2 Å². The summed E-state index contributed by atoms with van der Waals surface area (Å²) in [5, 5.41) is 19.8. The number of hydrogen-bond donors (Lipinski definition) is 5.